The second-order valence-electron chi connectivity index (χ2n) is 5.35. The van der Waals surface area contributed by atoms with Crippen molar-refractivity contribution in [3.8, 4) is 0 Å². The van der Waals surface area contributed by atoms with Crippen LogP contribution >= 0.6 is 11.3 Å². The monoisotopic (exact) mass is 251 g/mol. The Bertz CT molecular complexity index is 395. The maximum atomic E-state index is 6.14. The molecule has 0 amide bonds. The van der Waals surface area contributed by atoms with Gasteiger partial charge in [-0.05, 0) is 32.1 Å². The van der Waals surface area contributed by atoms with Crippen molar-refractivity contribution in [3.63, 3.8) is 0 Å². The highest BCUT2D eigenvalue weighted by Gasteiger charge is 2.26. The molecule has 2 N–H and O–H groups in total. The summed E-state index contributed by atoms with van der Waals surface area (Å²) in [5.74, 6) is 0. The van der Waals surface area contributed by atoms with Gasteiger partial charge in [0.2, 0.25) is 0 Å². The molecule has 1 atom stereocenters. The van der Waals surface area contributed by atoms with Crippen LogP contribution in [0.4, 0.5) is 5.13 Å². The van der Waals surface area contributed by atoms with Crippen LogP contribution in [0.5, 0.6) is 0 Å². The fourth-order valence-electron chi connectivity index (χ4n) is 3.04. The average molecular weight is 251 g/mol. The van der Waals surface area contributed by atoms with E-state index in [1.807, 2.05) is 11.3 Å². The largest absolute Gasteiger partial charge is 0.348 e. The lowest BCUT2D eigenvalue weighted by molar-refractivity contribution is 0.562. The van der Waals surface area contributed by atoms with Gasteiger partial charge in [0.15, 0.2) is 5.13 Å². The molecule has 1 heterocycles. The quantitative estimate of drug-likeness (QED) is 0.879. The van der Waals surface area contributed by atoms with Crippen molar-refractivity contribution in [1.29, 1.82) is 0 Å². The van der Waals surface area contributed by atoms with Gasteiger partial charge in [-0.25, -0.2) is 4.98 Å². The number of fused-ring (bicyclic) bond motifs is 1. The zero-order valence-corrected chi connectivity index (χ0v) is 11.3. The van der Waals surface area contributed by atoms with Gasteiger partial charge in [-0.2, -0.15) is 0 Å². The molecule has 1 aromatic rings. The van der Waals surface area contributed by atoms with Crippen LogP contribution in [-0.4, -0.2) is 18.1 Å². The van der Waals surface area contributed by atoms with Gasteiger partial charge in [-0.15, -0.1) is 11.3 Å². The lowest BCUT2D eigenvalue weighted by Crippen LogP contribution is -2.28. The van der Waals surface area contributed by atoms with E-state index in [2.05, 4.69) is 11.9 Å². The molecule has 1 aromatic heterocycles. The van der Waals surface area contributed by atoms with Gasteiger partial charge in [0.25, 0.3) is 0 Å². The number of anilines is 1. The first-order valence-corrected chi connectivity index (χ1v) is 7.55. The van der Waals surface area contributed by atoms with E-state index >= 15 is 0 Å². The molecule has 17 heavy (non-hydrogen) atoms. The lowest BCUT2D eigenvalue weighted by atomic mass is 9.99. The number of nitrogens with two attached hydrogens (primary N) is 1. The van der Waals surface area contributed by atoms with Crippen molar-refractivity contribution < 1.29 is 0 Å². The molecule has 0 spiro atoms. The molecule has 4 heteroatoms. The maximum absolute atomic E-state index is 6.14. The molecule has 1 saturated carbocycles. The van der Waals surface area contributed by atoms with E-state index in [4.69, 9.17) is 10.7 Å². The molecule has 2 aliphatic carbocycles. The predicted octanol–water partition coefficient (Wildman–Crippen LogP) is 2.86. The molecule has 3 nitrogen and oxygen atoms in total. The molecule has 0 bridgehead atoms. The number of thiazole rings is 1. The van der Waals surface area contributed by atoms with E-state index in [0.717, 1.165) is 6.42 Å². The highest BCUT2D eigenvalue weighted by atomic mass is 32.1. The third-order valence-corrected chi connectivity index (χ3v) is 5.38. The fraction of sp³-hybridized carbons (Fsp3) is 0.769. The second kappa shape index (κ2) is 4.58. The van der Waals surface area contributed by atoms with Gasteiger partial charge in [0.1, 0.15) is 0 Å². The molecule has 0 radical (unpaired) electrons. The van der Waals surface area contributed by atoms with Crippen molar-refractivity contribution >= 4 is 16.5 Å². The molecule has 0 aromatic carbocycles. The average Bonchev–Trinajstić information content (AvgIpc) is 2.98. The van der Waals surface area contributed by atoms with Crippen molar-refractivity contribution in [2.75, 3.05) is 11.9 Å². The smallest absolute Gasteiger partial charge is 0.185 e. The van der Waals surface area contributed by atoms with Crippen LogP contribution < -0.4 is 10.6 Å². The Kier molecular flexibility index (Phi) is 3.09. The van der Waals surface area contributed by atoms with Gasteiger partial charge >= 0.3 is 0 Å². The van der Waals surface area contributed by atoms with E-state index in [1.165, 1.54) is 54.2 Å². The van der Waals surface area contributed by atoms with Crippen LogP contribution in [0, 0.1) is 0 Å². The van der Waals surface area contributed by atoms with Gasteiger partial charge in [-0.3, -0.25) is 0 Å². The summed E-state index contributed by atoms with van der Waals surface area (Å²) in [6.07, 6.45) is 8.91. The third kappa shape index (κ3) is 2.08. The minimum absolute atomic E-state index is 0.181. The van der Waals surface area contributed by atoms with E-state index in [0.29, 0.717) is 6.04 Å². The van der Waals surface area contributed by atoms with Gasteiger partial charge in [0, 0.05) is 24.0 Å². The molecular weight excluding hydrogens is 230 g/mol. The maximum Gasteiger partial charge on any atom is 0.185 e. The van der Waals surface area contributed by atoms with E-state index in [9.17, 15) is 0 Å². The van der Waals surface area contributed by atoms with Crippen LogP contribution in [-0.2, 0) is 6.42 Å². The summed E-state index contributed by atoms with van der Waals surface area (Å²) in [6, 6.07) is 0.888. The number of aryl methyl sites for hydroxylation is 1. The number of rotatable bonds is 2. The Balaban J connectivity index is 1.83. The van der Waals surface area contributed by atoms with E-state index < -0.39 is 0 Å². The minimum Gasteiger partial charge on any atom is -0.348 e. The highest BCUT2D eigenvalue weighted by Crippen LogP contribution is 2.37. The Morgan fingerprint density at radius 1 is 1.24 bits per heavy atom. The van der Waals surface area contributed by atoms with Crippen LogP contribution in [0.1, 0.15) is 55.1 Å². The zero-order chi connectivity index (χ0) is 11.8. The number of nitrogens with zero attached hydrogens (tertiary/aromatic N) is 2. The van der Waals surface area contributed by atoms with E-state index in [1.54, 1.807) is 0 Å². The summed E-state index contributed by atoms with van der Waals surface area (Å²) in [6.45, 7) is 0. The first-order chi connectivity index (χ1) is 8.25. The predicted molar refractivity (Wildman–Crippen MR) is 72.6 cm³/mol. The zero-order valence-electron chi connectivity index (χ0n) is 10.5. The fourth-order valence-corrected chi connectivity index (χ4v) is 4.24. The van der Waals surface area contributed by atoms with Crippen molar-refractivity contribution in [3.05, 3.63) is 10.6 Å². The Morgan fingerprint density at radius 3 is 2.71 bits per heavy atom. The standard InChI is InChI=1S/C13H21N3S/c1-16(9-5-2-3-6-9)13-15-12-10(14)7-4-8-11(12)17-13/h9-10H,2-8,14H2,1H3. The number of aromatic nitrogens is 1. The van der Waals surface area contributed by atoms with Crippen LogP contribution in [0.2, 0.25) is 0 Å². The second-order valence-corrected chi connectivity index (χ2v) is 6.41. The number of hydrogen-bond acceptors (Lipinski definition) is 4. The Morgan fingerprint density at radius 2 is 2.00 bits per heavy atom. The molecule has 1 fully saturated rings. The molecule has 1 unspecified atom stereocenters. The summed E-state index contributed by atoms with van der Waals surface area (Å²) in [5, 5.41) is 1.19. The third-order valence-electron chi connectivity index (χ3n) is 4.16. The summed E-state index contributed by atoms with van der Waals surface area (Å²) < 4.78 is 0. The van der Waals surface area contributed by atoms with Crippen LogP contribution in [0.25, 0.3) is 0 Å². The molecule has 3 rings (SSSR count). The van der Waals surface area contributed by atoms with Crippen molar-refractivity contribution in [2.45, 2.75) is 57.0 Å². The summed E-state index contributed by atoms with van der Waals surface area (Å²) in [4.78, 5) is 8.62. The highest BCUT2D eigenvalue weighted by molar-refractivity contribution is 7.15. The Hall–Kier alpha value is -0.610. The Labute approximate surface area is 107 Å². The SMILES string of the molecule is CN(c1nc2c(s1)CCCC2N)C1CCCC1. The molecular formula is C13H21N3S. The van der Waals surface area contributed by atoms with Crippen molar-refractivity contribution in [2.24, 2.45) is 5.73 Å². The first-order valence-electron chi connectivity index (χ1n) is 6.73. The molecule has 0 aliphatic heterocycles. The van der Waals surface area contributed by atoms with Gasteiger partial charge in [-0.1, -0.05) is 12.8 Å². The van der Waals surface area contributed by atoms with Crippen molar-refractivity contribution in [1.82, 2.24) is 4.98 Å². The van der Waals surface area contributed by atoms with Gasteiger partial charge in [0.05, 0.1) is 5.69 Å². The minimum atomic E-state index is 0.181. The van der Waals surface area contributed by atoms with Gasteiger partial charge < -0.3 is 10.6 Å². The first kappa shape index (κ1) is 11.5. The summed E-state index contributed by atoms with van der Waals surface area (Å²) in [7, 11) is 2.20. The molecule has 0 saturated heterocycles. The molecule has 94 valence electrons. The topological polar surface area (TPSA) is 42.2 Å². The summed E-state index contributed by atoms with van der Waals surface area (Å²) in [5.41, 5.74) is 7.32. The lowest BCUT2D eigenvalue weighted by Gasteiger charge is -2.23. The van der Waals surface area contributed by atoms with Crippen LogP contribution in [0.15, 0.2) is 0 Å². The molecule has 2 aliphatic rings. The van der Waals surface area contributed by atoms with Crippen LogP contribution in [0.3, 0.4) is 0 Å². The number of hydrogen-bond donors (Lipinski definition) is 1. The van der Waals surface area contributed by atoms with E-state index in [-0.39, 0.29) is 6.04 Å². The summed E-state index contributed by atoms with van der Waals surface area (Å²) >= 11 is 1.87. The normalized spacial score (nSPS) is 24.9.